The quantitative estimate of drug-likeness (QED) is 0.768. The molecule has 0 aromatic heterocycles. The molecule has 0 saturated heterocycles. The molecule has 1 rings (SSSR count). The predicted molar refractivity (Wildman–Crippen MR) is 48.2 cm³/mol. The van der Waals surface area contributed by atoms with Gasteiger partial charge < -0.3 is 5.11 Å². The third-order valence-corrected chi connectivity index (χ3v) is 2.29. The van der Waals surface area contributed by atoms with Crippen LogP contribution in [-0.2, 0) is 20.9 Å². The highest BCUT2D eigenvalue weighted by Crippen LogP contribution is 2.04. The fourth-order valence-electron chi connectivity index (χ4n) is 0.770. The van der Waals surface area contributed by atoms with Gasteiger partial charge in [-0.1, -0.05) is 30.3 Å². The van der Waals surface area contributed by atoms with Gasteiger partial charge in [-0.3, -0.25) is 4.18 Å². The molecule has 0 spiro atoms. The van der Waals surface area contributed by atoms with E-state index in [0.717, 1.165) is 0 Å². The van der Waals surface area contributed by atoms with Crippen molar-refractivity contribution in [2.75, 3.05) is 0 Å². The molecular formula is C8H8O5S. The lowest BCUT2D eigenvalue weighted by atomic mass is 10.2. The van der Waals surface area contributed by atoms with Crippen LogP contribution in [0.1, 0.15) is 5.56 Å². The Balaban J connectivity index is 2.63. The van der Waals surface area contributed by atoms with Crippen LogP contribution in [0.2, 0.25) is 0 Å². The summed E-state index contributed by atoms with van der Waals surface area (Å²) < 4.78 is 25.6. The van der Waals surface area contributed by atoms with Gasteiger partial charge in [-0.25, -0.2) is 4.79 Å². The zero-order valence-corrected chi connectivity index (χ0v) is 7.90. The third kappa shape index (κ3) is 2.82. The number of hydrogen-bond donors (Lipinski definition) is 1. The first kappa shape index (κ1) is 10.7. The summed E-state index contributed by atoms with van der Waals surface area (Å²) in [6.45, 7) is -0.268. The molecule has 14 heavy (non-hydrogen) atoms. The highest BCUT2D eigenvalue weighted by molar-refractivity contribution is 8.01. The van der Waals surface area contributed by atoms with Crippen LogP contribution in [0.15, 0.2) is 30.3 Å². The van der Waals surface area contributed by atoms with Crippen molar-refractivity contribution >= 4 is 15.4 Å². The molecular weight excluding hydrogens is 208 g/mol. The summed E-state index contributed by atoms with van der Waals surface area (Å²) in [7, 11) is -4.48. The fraction of sp³-hybridized carbons (Fsp3) is 0.125. The first-order chi connectivity index (χ1) is 6.52. The molecule has 0 fully saturated rings. The second-order valence-corrected chi connectivity index (χ2v) is 3.96. The van der Waals surface area contributed by atoms with Crippen LogP contribution in [0.4, 0.5) is 4.79 Å². The largest absolute Gasteiger partial charge is 0.468 e. The van der Waals surface area contributed by atoms with Crippen molar-refractivity contribution in [1.82, 2.24) is 0 Å². The molecule has 0 radical (unpaired) electrons. The average molecular weight is 216 g/mol. The topological polar surface area (TPSA) is 80.7 Å². The number of benzene rings is 1. The molecule has 6 heteroatoms. The summed E-state index contributed by atoms with van der Waals surface area (Å²) in [6, 6.07) is 8.43. The zero-order chi connectivity index (χ0) is 10.6. The maximum absolute atomic E-state index is 10.7. The first-order valence-electron chi connectivity index (χ1n) is 3.68. The predicted octanol–water partition coefficient (Wildman–Crippen LogP) is 1.21. The van der Waals surface area contributed by atoms with E-state index in [2.05, 4.69) is 4.18 Å². The molecule has 0 saturated carbocycles. The summed E-state index contributed by atoms with van der Waals surface area (Å²) in [4.78, 5) is 10.1. The average Bonchev–Trinajstić information content (AvgIpc) is 2.16. The van der Waals surface area contributed by atoms with Gasteiger partial charge in [0.15, 0.2) is 0 Å². The Hall–Kier alpha value is -1.40. The van der Waals surface area contributed by atoms with E-state index in [1.165, 1.54) is 0 Å². The lowest BCUT2D eigenvalue weighted by molar-refractivity contribution is 0.210. The molecule has 0 unspecified atom stereocenters. The monoisotopic (exact) mass is 216 g/mol. The van der Waals surface area contributed by atoms with E-state index in [-0.39, 0.29) is 6.61 Å². The van der Waals surface area contributed by atoms with E-state index in [0.29, 0.717) is 5.56 Å². The third-order valence-electron chi connectivity index (χ3n) is 1.44. The van der Waals surface area contributed by atoms with Crippen molar-refractivity contribution in [1.29, 1.82) is 0 Å². The summed E-state index contributed by atoms with van der Waals surface area (Å²) in [5.41, 5.74) is 0.595. The standard InChI is InChI=1S/C8H8O5S/c9-8(10)14(11,12)13-6-7-4-2-1-3-5-7/h1-5H,6H2,(H,9,10). The summed E-state index contributed by atoms with van der Waals surface area (Å²) in [6.07, 6.45) is 0. The van der Waals surface area contributed by atoms with Gasteiger partial charge in [0.25, 0.3) is 0 Å². The zero-order valence-electron chi connectivity index (χ0n) is 7.08. The van der Waals surface area contributed by atoms with Gasteiger partial charge in [-0.05, 0) is 5.56 Å². The van der Waals surface area contributed by atoms with Gasteiger partial charge in [0.1, 0.15) is 0 Å². The number of hydrogen-bond acceptors (Lipinski definition) is 4. The normalized spacial score (nSPS) is 11.1. The lowest BCUT2D eigenvalue weighted by Crippen LogP contribution is -2.15. The number of carbonyl (C=O) groups is 1. The lowest BCUT2D eigenvalue weighted by Gasteiger charge is -2.00. The Morgan fingerprint density at radius 2 is 1.86 bits per heavy atom. The highest BCUT2D eigenvalue weighted by atomic mass is 32.2. The van der Waals surface area contributed by atoms with Crippen molar-refractivity contribution in [2.24, 2.45) is 0 Å². The minimum atomic E-state index is -4.48. The van der Waals surface area contributed by atoms with Crippen molar-refractivity contribution in [3.63, 3.8) is 0 Å². The van der Waals surface area contributed by atoms with Crippen LogP contribution in [-0.4, -0.2) is 18.8 Å². The second-order valence-electron chi connectivity index (χ2n) is 2.47. The van der Waals surface area contributed by atoms with Crippen molar-refractivity contribution < 1.29 is 22.5 Å². The molecule has 0 atom stereocenters. The molecule has 0 heterocycles. The molecule has 0 bridgehead atoms. The van der Waals surface area contributed by atoms with Gasteiger partial charge in [-0.15, -0.1) is 0 Å². The fourth-order valence-corrected chi connectivity index (χ4v) is 1.16. The SMILES string of the molecule is O=C(O)S(=O)(=O)OCc1ccccc1. The molecule has 1 N–H and O–H groups in total. The Bertz CT molecular complexity index is 409. The van der Waals surface area contributed by atoms with Crippen LogP contribution >= 0.6 is 0 Å². The van der Waals surface area contributed by atoms with Crippen LogP contribution in [0, 0.1) is 0 Å². The Morgan fingerprint density at radius 3 is 2.36 bits per heavy atom. The van der Waals surface area contributed by atoms with E-state index in [1.807, 2.05) is 0 Å². The van der Waals surface area contributed by atoms with Crippen molar-refractivity contribution in [3.05, 3.63) is 35.9 Å². The molecule has 5 nitrogen and oxygen atoms in total. The summed E-state index contributed by atoms with van der Waals surface area (Å²) in [5.74, 6) is 0. The van der Waals surface area contributed by atoms with Crippen molar-refractivity contribution in [2.45, 2.75) is 6.61 Å². The molecule has 1 aromatic carbocycles. The summed E-state index contributed by atoms with van der Waals surface area (Å²) in [5, 5.41) is 6.23. The number of rotatable bonds is 3. The Morgan fingerprint density at radius 1 is 1.29 bits per heavy atom. The van der Waals surface area contributed by atoms with E-state index in [1.54, 1.807) is 30.3 Å². The molecule has 1 aromatic rings. The molecule has 0 amide bonds. The minimum absolute atomic E-state index is 0.268. The minimum Gasteiger partial charge on any atom is -0.468 e. The first-order valence-corrected chi connectivity index (χ1v) is 5.09. The van der Waals surface area contributed by atoms with Crippen LogP contribution in [0.5, 0.6) is 0 Å². The smallest absolute Gasteiger partial charge is 0.449 e. The molecule has 0 aliphatic heterocycles. The van der Waals surface area contributed by atoms with Gasteiger partial charge in [0, 0.05) is 0 Å². The Labute approximate surface area is 81.1 Å². The Kier molecular flexibility index (Phi) is 3.21. The van der Waals surface area contributed by atoms with E-state index in [4.69, 9.17) is 5.11 Å². The van der Waals surface area contributed by atoms with Crippen LogP contribution in [0.25, 0.3) is 0 Å². The second kappa shape index (κ2) is 4.21. The van der Waals surface area contributed by atoms with Crippen molar-refractivity contribution in [3.8, 4) is 0 Å². The molecule has 0 aliphatic carbocycles. The molecule has 0 aliphatic rings. The van der Waals surface area contributed by atoms with Gasteiger partial charge >= 0.3 is 15.4 Å². The highest BCUT2D eigenvalue weighted by Gasteiger charge is 2.21. The maximum atomic E-state index is 10.7. The van der Waals surface area contributed by atoms with E-state index in [9.17, 15) is 13.2 Å². The van der Waals surface area contributed by atoms with Crippen LogP contribution < -0.4 is 0 Å². The number of carboxylic acid groups (broad SMARTS) is 1. The van der Waals surface area contributed by atoms with E-state index < -0.39 is 15.4 Å². The maximum Gasteiger partial charge on any atom is 0.449 e. The van der Waals surface area contributed by atoms with E-state index >= 15 is 0 Å². The summed E-state index contributed by atoms with van der Waals surface area (Å²) >= 11 is 0. The van der Waals surface area contributed by atoms with Gasteiger partial charge in [0.05, 0.1) is 6.61 Å². The molecule has 76 valence electrons. The van der Waals surface area contributed by atoms with Crippen LogP contribution in [0.3, 0.4) is 0 Å². The van der Waals surface area contributed by atoms with Gasteiger partial charge in [0.2, 0.25) is 0 Å². The van der Waals surface area contributed by atoms with Gasteiger partial charge in [-0.2, -0.15) is 8.42 Å².